The highest BCUT2D eigenvalue weighted by Crippen LogP contribution is 2.32. The van der Waals surface area contributed by atoms with Crippen LogP contribution in [-0.4, -0.2) is 59.2 Å². The molecule has 31 heavy (non-hydrogen) atoms. The maximum absolute atomic E-state index is 6.19. The van der Waals surface area contributed by atoms with E-state index in [2.05, 4.69) is 27.8 Å². The SMILES string of the molecule is CN=C(NCCCOCC1CCOC1)NCc1ccc(OC)c(OC2CCCC2)c1.I. The average Bonchev–Trinajstić information content (AvgIpc) is 3.47. The molecule has 0 aromatic heterocycles. The van der Waals surface area contributed by atoms with Gasteiger partial charge in [-0.2, -0.15) is 0 Å². The van der Waals surface area contributed by atoms with Gasteiger partial charge in [-0.1, -0.05) is 6.07 Å². The number of rotatable bonds is 11. The summed E-state index contributed by atoms with van der Waals surface area (Å²) >= 11 is 0. The van der Waals surface area contributed by atoms with E-state index in [0.717, 1.165) is 81.7 Å². The number of benzene rings is 1. The first kappa shape index (κ1) is 26.0. The molecule has 1 saturated heterocycles. The molecule has 1 saturated carbocycles. The average molecular weight is 547 g/mol. The Morgan fingerprint density at radius 3 is 2.71 bits per heavy atom. The van der Waals surface area contributed by atoms with Crippen molar-refractivity contribution in [1.29, 1.82) is 0 Å². The Morgan fingerprint density at radius 1 is 1.16 bits per heavy atom. The Bertz CT molecular complexity index is 662. The molecule has 1 atom stereocenters. The first-order chi connectivity index (χ1) is 14.8. The van der Waals surface area contributed by atoms with Crippen LogP contribution in [0.2, 0.25) is 0 Å². The number of nitrogens with one attached hydrogen (secondary N) is 2. The fraction of sp³-hybridized carbons (Fsp3) is 0.696. The van der Waals surface area contributed by atoms with Crippen LogP contribution >= 0.6 is 24.0 Å². The number of hydrogen-bond acceptors (Lipinski definition) is 5. The smallest absolute Gasteiger partial charge is 0.191 e. The molecular weight excluding hydrogens is 509 g/mol. The molecule has 1 aromatic carbocycles. The van der Waals surface area contributed by atoms with Gasteiger partial charge in [-0.05, 0) is 56.2 Å². The molecule has 7 nitrogen and oxygen atoms in total. The summed E-state index contributed by atoms with van der Waals surface area (Å²) in [5.41, 5.74) is 1.13. The molecule has 1 aliphatic carbocycles. The van der Waals surface area contributed by atoms with E-state index in [9.17, 15) is 0 Å². The molecule has 1 aromatic rings. The lowest BCUT2D eigenvalue weighted by molar-refractivity contribution is 0.0888. The third kappa shape index (κ3) is 9.02. The van der Waals surface area contributed by atoms with E-state index in [1.54, 1.807) is 14.2 Å². The summed E-state index contributed by atoms with van der Waals surface area (Å²) in [6, 6.07) is 6.10. The normalized spacial score (nSPS) is 19.2. The van der Waals surface area contributed by atoms with Gasteiger partial charge in [0.15, 0.2) is 17.5 Å². The Kier molecular flexibility index (Phi) is 12.4. The largest absolute Gasteiger partial charge is 0.493 e. The molecule has 0 bridgehead atoms. The second kappa shape index (κ2) is 14.7. The van der Waals surface area contributed by atoms with Crippen molar-refractivity contribution < 1.29 is 18.9 Å². The van der Waals surface area contributed by atoms with E-state index >= 15 is 0 Å². The number of aliphatic imine (C=N–C) groups is 1. The van der Waals surface area contributed by atoms with Crippen LogP contribution in [0.5, 0.6) is 11.5 Å². The van der Waals surface area contributed by atoms with Crippen molar-refractivity contribution in [1.82, 2.24) is 10.6 Å². The molecular formula is C23H38IN3O4. The van der Waals surface area contributed by atoms with Crippen LogP contribution < -0.4 is 20.1 Å². The highest BCUT2D eigenvalue weighted by Gasteiger charge is 2.19. The van der Waals surface area contributed by atoms with E-state index in [-0.39, 0.29) is 24.0 Å². The maximum atomic E-state index is 6.19. The Labute approximate surface area is 203 Å². The molecule has 0 radical (unpaired) electrons. The molecule has 0 spiro atoms. The third-order valence-corrected chi connectivity index (χ3v) is 5.64. The molecule has 176 valence electrons. The minimum Gasteiger partial charge on any atom is -0.493 e. The van der Waals surface area contributed by atoms with Crippen LogP contribution in [0.15, 0.2) is 23.2 Å². The number of guanidine groups is 1. The summed E-state index contributed by atoms with van der Waals surface area (Å²) in [6.07, 6.45) is 7.11. The second-order valence-corrected chi connectivity index (χ2v) is 8.02. The quantitative estimate of drug-likeness (QED) is 0.190. The summed E-state index contributed by atoms with van der Waals surface area (Å²) in [7, 11) is 3.47. The summed E-state index contributed by atoms with van der Waals surface area (Å²) in [5, 5.41) is 6.71. The molecule has 0 amide bonds. The summed E-state index contributed by atoms with van der Waals surface area (Å²) < 4.78 is 22.8. The molecule has 2 aliphatic rings. The highest BCUT2D eigenvalue weighted by molar-refractivity contribution is 14.0. The first-order valence-corrected chi connectivity index (χ1v) is 11.2. The van der Waals surface area contributed by atoms with Gasteiger partial charge in [-0.25, -0.2) is 0 Å². The van der Waals surface area contributed by atoms with Gasteiger partial charge in [-0.15, -0.1) is 24.0 Å². The number of methoxy groups -OCH3 is 1. The lowest BCUT2D eigenvalue weighted by Gasteiger charge is -2.17. The zero-order chi connectivity index (χ0) is 21.0. The number of hydrogen-bond donors (Lipinski definition) is 2. The monoisotopic (exact) mass is 547 g/mol. The first-order valence-electron chi connectivity index (χ1n) is 11.2. The van der Waals surface area contributed by atoms with E-state index in [0.29, 0.717) is 18.6 Å². The molecule has 2 fully saturated rings. The Morgan fingerprint density at radius 2 is 2.00 bits per heavy atom. The van der Waals surface area contributed by atoms with Crippen molar-refractivity contribution >= 4 is 29.9 Å². The molecule has 1 unspecified atom stereocenters. The van der Waals surface area contributed by atoms with E-state index < -0.39 is 0 Å². The van der Waals surface area contributed by atoms with Gasteiger partial charge >= 0.3 is 0 Å². The highest BCUT2D eigenvalue weighted by atomic mass is 127. The van der Waals surface area contributed by atoms with Crippen molar-refractivity contribution in [3.8, 4) is 11.5 Å². The predicted molar refractivity (Wildman–Crippen MR) is 134 cm³/mol. The molecule has 1 aliphatic heterocycles. The van der Waals surface area contributed by atoms with Crippen molar-refractivity contribution in [3.63, 3.8) is 0 Å². The van der Waals surface area contributed by atoms with Gasteiger partial charge in [0.2, 0.25) is 0 Å². The lowest BCUT2D eigenvalue weighted by atomic mass is 10.1. The van der Waals surface area contributed by atoms with Gasteiger partial charge in [0.25, 0.3) is 0 Å². The molecule has 8 heteroatoms. The van der Waals surface area contributed by atoms with E-state index in [1.807, 2.05) is 6.07 Å². The summed E-state index contributed by atoms with van der Waals surface area (Å²) in [6.45, 7) is 4.76. The van der Waals surface area contributed by atoms with Crippen LogP contribution in [-0.2, 0) is 16.0 Å². The standard InChI is InChI=1S/C23H37N3O4.HI/c1-24-23(25-11-5-12-28-16-19-10-13-29-17-19)26-15-18-8-9-21(27-2)22(14-18)30-20-6-3-4-7-20;/h8-9,14,19-20H,3-7,10-13,15-17H2,1-2H3,(H2,24,25,26);1H. The van der Waals surface area contributed by atoms with Crippen LogP contribution in [0.25, 0.3) is 0 Å². The van der Waals surface area contributed by atoms with Crippen LogP contribution in [0, 0.1) is 5.92 Å². The zero-order valence-electron chi connectivity index (χ0n) is 18.9. The number of halogens is 1. The number of ether oxygens (including phenoxy) is 4. The summed E-state index contributed by atoms with van der Waals surface area (Å²) in [4.78, 5) is 4.30. The Balaban J connectivity index is 0.00000341. The fourth-order valence-electron chi connectivity index (χ4n) is 3.86. The van der Waals surface area contributed by atoms with Gasteiger partial charge in [0.1, 0.15) is 0 Å². The fourth-order valence-corrected chi connectivity index (χ4v) is 3.86. The minimum atomic E-state index is 0. The number of nitrogens with zero attached hydrogens (tertiary/aromatic N) is 1. The minimum absolute atomic E-state index is 0. The van der Waals surface area contributed by atoms with Gasteiger partial charge in [0.05, 0.1) is 26.4 Å². The van der Waals surface area contributed by atoms with Crippen LogP contribution in [0.3, 0.4) is 0 Å². The van der Waals surface area contributed by atoms with E-state index in [4.69, 9.17) is 18.9 Å². The predicted octanol–water partition coefficient (Wildman–Crippen LogP) is 3.74. The van der Waals surface area contributed by atoms with Gasteiger partial charge in [-0.3, -0.25) is 4.99 Å². The van der Waals surface area contributed by atoms with Crippen molar-refractivity contribution in [2.24, 2.45) is 10.9 Å². The van der Waals surface area contributed by atoms with Gasteiger partial charge < -0.3 is 29.6 Å². The molecule has 2 N–H and O–H groups in total. The Hall–Kier alpha value is -1.26. The van der Waals surface area contributed by atoms with Crippen molar-refractivity contribution in [3.05, 3.63) is 23.8 Å². The molecule has 1 heterocycles. The van der Waals surface area contributed by atoms with Crippen LogP contribution in [0.1, 0.15) is 44.1 Å². The molecule has 3 rings (SSSR count). The lowest BCUT2D eigenvalue weighted by Crippen LogP contribution is -2.37. The topological polar surface area (TPSA) is 73.3 Å². The van der Waals surface area contributed by atoms with Crippen molar-refractivity contribution in [2.45, 2.75) is 51.2 Å². The second-order valence-electron chi connectivity index (χ2n) is 8.02. The zero-order valence-corrected chi connectivity index (χ0v) is 21.2. The maximum Gasteiger partial charge on any atom is 0.191 e. The van der Waals surface area contributed by atoms with Crippen molar-refractivity contribution in [2.75, 3.05) is 47.1 Å². The van der Waals surface area contributed by atoms with E-state index in [1.165, 1.54) is 12.8 Å². The third-order valence-electron chi connectivity index (χ3n) is 5.64. The van der Waals surface area contributed by atoms with Gasteiger partial charge in [0, 0.05) is 39.3 Å². The van der Waals surface area contributed by atoms with Crippen LogP contribution in [0.4, 0.5) is 0 Å². The summed E-state index contributed by atoms with van der Waals surface area (Å²) in [5.74, 6) is 2.97.